The number of carbonyl (C=O) groups excluding carboxylic acids is 1. The van der Waals surface area contributed by atoms with E-state index in [2.05, 4.69) is 20.6 Å². The van der Waals surface area contributed by atoms with Crippen LogP contribution in [0.5, 0.6) is 0 Å². The minimum absolute atomic E-state index is 0.00205. The van der Waals surface area contributed by atoms with Gasteiger partial charge in [-0.25, -0.2) is 13.9 Å². The van der Waals surface area contributed by atoms with Crippen molar-refractivity contribution in [1.82, 2.24) is 24.9 Å². The van der Waals surface area contributed by atoms with E-state index < -0.39 is 23.6 Å². The molecule has 1 saturated heterocycles. The summed E-state index contributed by atoms with van der Waals surface area (Å²) in [5, 5.41) is 9.01. The Balaban J connectivity index is 1.44. The zero-order valence-electron chi connectivity index (χ0n) is 19.1. The molecule has 11 heteroatoms. The monoisotopic (exact) mass is 490 g/mol. The van der Waals surface area contributed by atoms with Crippen LogP contribution in [0.2, 0.25) is 0 Å². The standard InChI is InChI=1S/C24H26F4N6O/c1-32-10-12-33(13-11-32)16-17-6-7-18(14-20(17)24(26,27)28)31-23(35)29-15-19-21(25)4-2-5-22(19)34-9-3-8-30-34/h2-9,14H,10-13,15-16H2,1H3,(H2,29,31,35). The minimum Gasteiger partial charge on any atom is -0.334 e. The van der Waals surface area contributed by atoms with Gasteiger partial charge in [0.15, 0.2) is 0 Å². The van der Waals surface area contributed by atoms with Crippen LogP contribution in [0.4, 0.5) is 28.0 Å². The third-order valence-electron chi connectivity index (χ3n) is 5.93. The van der Waals surface area contributed by atoms with Crippen molar-refractivity contribution in [3.05, 3.63) is 77.4 Å². The molecule has 3 aromatic rings. The number of likely N-dealkylation sites (N-methyl/N-ethyl adjacent to an activating group) is 1. The van der Waals surface area contributed by atoms with E-state index in [1.54, 1.807) is 24.5 Å². The van der Waals surface area contributed by atoms with E-state index in [1.165, 1.54) is 28.9 Å². The lowest BCUT2D eigenvalue weighted by molar-refractivity contribution is -0.138. The Morgan fingerprint density at radius 3 is 2.54 bits per heavy atom. The quantitative estimate of drug-likeness (QED) is 0.511. The first-order chi connectivity index (χ1) is 16.7. The van der Waals surface area contributed by atoms with Crippen LogP contribution in [0.1, 0.15) is 16.7 Å². The molecule has 2 heterocycles. The summed E-state index contributed by atoms with van der Waals surface area (Å²) >= 11 is 0. The van der Waals surface area contributed by atoms with E-state index in [4.69, 9.17) is 0 Å². The van der Waals surface area contributed by atoms with Gasteiger partial charge < -0.3 is 15.5 Å². The lowest BCUT2D eigenvalue weighted by Gasteiger charge is -2.33. The van der Waals surface area contributed by atoms with Gasteiger partial charge >= 0.3 is 12.2 Å². The van der Waals surface area contributed by atoms with Crippen LogP contribution in [0.25, 0.3) is 5.69 Å². The molecular formula is C24H26F4N6O. The van der Waals surface area contributed by atoms with Gasteiger partial charge in [0.05, 0.1) is 11.3 Å². The lowest BCUT2D eigenvalue weighted by Crippen LogP contribution is -2.44. The summed E-state index contributed by atoms with van der Waals surface area (Å²) in [4.78, 5) is 16.5. The molecular weight excluding hydrogens is 464 g/mol. The summed E-state index contributed by atoms with van der Waals surface area (Å²) in [5.41, 5.74) is 0.0121. The molecule has 1 aromatic heterocycles. The third kappa shape index (κ3) is 6.17. The molecule has 0 spiro atoms. The number of nitrogens with one attached hydrogen (secondary N) is 2. The maximum Gasteiger partial charge on any atom is 0.416 e. The predicted octanol–water partition coefficient (Wildman–Crippen LogP) is 4.10. The van der Waals surface area contributed by atoms with Gasteiger partial charge in [-0.15, -0.1) is 0 Å². The van der Waals surface area contributed by atoms with Crippen molar-refractivity contribution in [3.8, 4) is 5.69 Å². The Kier molecular flexibility index (Phi) is 7.37. The van der Waals surface area contributed by atoms with E-state index in [1.807, 2.05) is 11.9 Å². The van der Waals surface area contributed by atoms with E-state index >= 15 is 0 Å². The molecule has 4 rings (SSSR count). The number of halogens is 4. The fourth-order valence-corrected chi connectivity index (χ4v) is 4.00. The summed E-state index contributed by atoms with van der Waals surface area (Å²) in [6.07, 6.45) is -1.39. The first-order valence-corrected chi connectivity index (χ1v) is 11.1. The topological polar surface area (TPSA) is 65.4 Å². The molecule has 0 unspecified atom stereocenters. The number of rotatable bonds is 6. The van der Waals surface area contributed by atoms with Crippen molar-refractivity contribution >= 4 is 11.7 Å². The molecule has 1 aliphatic rings. The maximum absolute atomic E-state index is 14.4. The van der Waals surface area contributed by atoms with Crippen molar-refractivity contribution in [2.45, 2.75) is 19.3 Å². The molecule has 0 radical (unpaired) electrons. The number of hydrogen-bond donors (Lipinski definition) is 2. The molecule has 0 bridgehead atoms. The van der Waals surface area contributed by atoms with E-state index in [9.17, 15) is 22.4 Å². The predicted molar refractivity (Wildman–Crippen MR) is 124 cm³/mol. The molecule has 1 aliphatic heterocycles. The summed E-state index contributed by atoms with van der Waals surface area (Å²) in [6, 6.07) is 9.14. The highest BCUT2D eigenvalue weighted by atomic mass is 19.4. The van der Waals surface area contributed by atoms with Crippen molar-refractivity contribution in [1.29, 1.82) is 0 Å². The van der Waals surface area contributed by atoms with Crippen LogP contribution >= 0.6 is 0 Å². The number of nitrogens with zero attached hydrogens (tertiary/aromatic N) is 4. The Bertz CT molecular complexity index is 1160. The highest BCUT2D eigenvalue weighted by Crippen LogP contribution is 2.34. The lowest BCUT2D eigenvalue weighted by atomic mass is 10.0. The molecule has 0 atom stereocenters. The number of piperazine rings is 1. The van der Waals surface area contributed by atoms with Gasteiger partial charge in [-0.2, -0.15) is 18.3 Å². The van der Waals surface area contributed by atoms with E-state index in [-0.39, 0.29) is 29.9 Å². The van der Waals surface area contributed by atoms with Crippen molar-refractivity contribution < 1.29 is 22.4 Å². The fraction of sp³-hybridized carbons (Fsp3) is 0.333. The van der Waals surface area contributed by atoms with Crippen molar-refractivity contribution in [3.63, 3.8) is 0 Å². The number of anilines is 1. The second-order valence-electron chi connectivity index (χ2n) is 8.44. The molecule has 186 valence electrons. The van der Waals surface area contributed by atoms with E-state index in [0.29, 0.717) is 18.8 Å². The molecule has 35 heavy (non-hydrogen) atoms. The average Bonchev–Trinajstić information content (AvgIpc) is 3.35. The Hall–Kier alpha value is -3.44. The number of carbonyl (C=O) groups is 1. The van der Waals surface area contributed by atoms with Gasteiger partial charge in [-0.3, -0.25) is 4.90 Å². The number of alkyl halides is 3. The normalized spacial score (nSPS) is 15.2. The summed E-state index contributed by atoms with van der Waals surface area (Å²) in [5.74, 6) is -0.536. The van der Waals surface area contributed by atoms with Crippen LogP contribution in [0.15, 0.2) is 54.9 Å². The van der Waals surface area contributed by atoms with Gasteiger partial charge in [-0.1, -0.05) is 12.1 Å². The van der Waals surface area contributed by atoms with Crippen LogP contribution in [-0.4, -0.2) is 58.8 Å². The zero-order chi connectivity index (χ0) is 25.0. The first kappa shape index (κ1) is 24.7. The van der Waals surface area contributed by atoms with Crippen molar-refractivity contribution in [2.75, 3.05) is 38.5 Å². The highest BCUT2D eigenvalue weighted by molar-refractivity contribution is 5.89. The minimum atomic E-state index is -4.57. The third-order valence-corrected chi connectivity index (χ3v) is 5.93. The molecule has 0 aliphatic carbocycles. The molecule has 7 nitrogen and oxygen atoms in total. The highest BCUT2D eigenvalue weighted by Gasteiger charge is 2.34. The van der Waals surface area contributed by atoms with Crippen LogP contribution in [0, 0.1) is 5.82 Å². The SMILES string of the molecule is CN1CCN(Cc2ccc(NC(=O)NCc3c(F)cccc3-n3cccn3)cc2C(F)(F)F)CC1. The second kappa shape index (κ2) is 10.4. The maximum atomic E-state index is 14.4. The number of urea groups is 1. The summed E-state index contributed by atoms with van der Waals surface area (Å²) in [7, 11) is 1.98. The summed E-state index contributed by atoms with van der Waals surface area (Å²) in [6.45, 7) is 2.97. The smallest absolute Gasteiger partial charge is 0.334 e. The first-order valence-electron chi connectivity index (χ1n) is 11.1. The molecule has 0 saturated carbocycles. The Morgan fingerprint density at radius 1 is 1.09 bits per heavy atom. The molecule has 2 N–H and O–H groups in total. The van der Waals surface area contributed by atoms with Gasteiger partial charge in [0.1, 0.15) is 5.82 Å². The van der Waals surface area contributed by atoms with Gasteiger partial charge in [-0.05, 0) is 42.9 Å². The molecule has 2 aromatic carbocycles. The summed E-state index contributed by atoms with van der Waals surface area (Å²) < 4.78 is 57.2. The van der Waals surface area contributed by atoms with E-state index in [0.717, 1.165) is 19.2 Å². The van der Waals surface area contributed by atoms with Crippen LogP contribution in [0.3, 0.4) is 0 Å². The number of hydrogen-bond acceptors (Lipinski definition) is 4. The Labute approximate surface area is 200 Å². The van der Waals surface area contributed by atoms with Gasteiger partial charge in [0.2, 0.25) is 0 Å². The Morgan fingerprint density at radius 2 is 1.86 bits per heavy atom. The van der Waals surface area contributed by atoms with Crippen LogP contribution < -0.4 is 10.6 Å². The van der Waals surface area contributed by atoms with Gasteiger partial charge in [0.25, 0.3) is 0 Å². The van der Waals surface area contributed by atoms with Crippen LogP contribution in [-0.2, 0) is 19.3 Å². The van der Waals surface area contributed by atoms with Gasteiger partial charge in [0, 0.05) is 62.9 Å². The number of benzene rings is 2. The van der Waals surface area contributed by atoms with Crippen molar-refractivity contribution in [2.24, 2.45) is 0 Å². The zero-order valence-corrected chi connectivity index (χ0v) is 19.1. The number of aromatic nitrogens is 2. The average molecular weight is 491 g/mol. The number of amides is 2. The fourth-order valence-electron chi connectivity index (χ4n) is 4.00. The largest absolute Gasteiger partial charge is 0.416 e. The second-order valence-corrected chi connectivity index (χ2v) is 8.44. The molecule has 2 amide bonds. The molecule has 1 fully saturated rings.